The first-order valence-corrected chi connectivity index (χ1v) is 5.46. The van der Waals surface area contributed by atoms with Gasteiger partial charge in [-0.2, -0.15) is 0 Å². The summed E-state index contributed by atoms with van der Waals surface area (Å²) in [6, 6.07) is 1.38. The van der Waals surface area contributed by atoms with Gasteiger partial charge in [0, 0.05) is 12.1 Å². The molecule has 1 atom stereocenters. The molecule has 0 aromatic carbocycles. The molecule has 0 rings (SSSR count). The summed E-state index contributed by atoms with van der Waals surface area (Å²) < 4.78 is 0. The van der Waals surface area contributed by atoms with Crippen molar-refractivity contribution < 1.29 is 0 Å². The van der Waals surface area contributed by atoms with Crippen LogP contribution in [0, 0.1) is 0 Å². The molecule has 0 radical (unpaired) electrons. The third kappa shape index (κ3) is 6.66. The van der Waals surface area contributed by atoms with Gasteiger partial charge in [-0.3, -0.25) is 0 Å². The van der Waals surface area contributed by atoms with E-state index in [2.05, 4.69) is 33.0 Å². The predicted octanol–water partition coefficient (Wildman–Crippen LogP) is 3.34. The summed E-state index contributed by atoms with van der Waals surface area (Å²) >= 11 is 0. The second-order valence-electron chi connectivity index (χ2n) is 3.92. The van der Waals surface area contributed by atoms with Crippen molar-refractivity contribution in [2.75, 3.05) is 0 Å². The lowest BCUT2D eigenvalue weighted by Crippen LogP contribution is -2.34. The lowest BCUT2D eigenvalue weighted by Gasteiger charge is -2.19. The maximum atomic E-state index is 3.59. The molecular formula is C11H25N. The Morgan fingerprint density at radius 3 is 2.17 bits per heavy atom. The van der Waals surface area contributed by atoms with Gasteiger partial charge in [0.15, 0.2) is 0 Å². The minimum absolute atomic E-state index is 0.636. The molecule has 74 valence electrons. The van der Waals surface area contributed by atoms with Crippen molar-refractivity contribution in [1.29, 1.82) is 0 Å². The molecular weight excluding hydrogens is 146 g/mol. The Morgan fingerprint density at radius 1 is 1.08 bits per heavy atom. The average molecular weight is 171 g/mol. The summed E-state index contributed by atoms with van der Waals surface area (Å²) in [6.07, 6.45) is 6.72. The third-order valence-corrected chi connectivity index (χ3v) is 2.22. The van der Waals surface area contributed by atoms with E-state index in [0.717, 1.165) is 6.04 Å². The molecule has 1 heteroatoms. The molecule has 0 bridgehead atoms. The lowest BCUT2D eigenvalue weighted by atomic mass is 10.1. The van der Waals surface area contributed by atoms with E-state index < -0.39 is 0 Å². The maximum Gasteiger partial charge on any atom is 0.00667 e. The van der Waals surface area contributed by atoms with E-state index in [1.807, 2.05) is 0 Å². The molecule has 1 unspecified atom stereocenters. The Morgan fingerprint density at radius 2 is 1.75 bits per heavy atom. The topological polar surface area (TPSA) is 12.0 Å². The number of rotatable bonds is 7. The number of hydrogen-bond donors (Lipinski definition) is 1. The second-order valence-corrected chi connectivity index (χ2v) is 3.92. The highest BCUT2D eigenvalue weighted by molar-refractivity contribution is 4.67. The highest BCUT2D eigenvalue weighted by Gasteiger charge is 2.05. The Kier molecular flexibility index (Phi) is 7.58. The SMILES string of the molecule is CCCCCC(CC)NC(C)C. The van der Waals surface area contributed by atoms with E-state index in [9.17, 15) is 0 Å². The van der Waals surface area contributed by atoms with Gasteiger partial charge in [0.1, 0.15) is 0 Å². The standard InChI is InChI=1S/C11H25N/c1-5-7-8-9-11(6-2)12-10(3)4/h10-12H,5-9H2,1-4H3. The molecule has 0 heterocycles. The van der Waals surface area contributed by atoms with E-state index in [1.54, 1.807) is 0 Å². The summed E-state index contributed by atoms with van der Waals surface area (Å²) in [7, 11) is 0. The van der Waals surface area contributed by atoms with Crippen molar-refractivity contribution in [3.63, 3.8) is 0 Å². The minimum atomic E-state index is 0.636. The molecule has 0 aliphatic rings. The fourth-order valence-corrected chi connectivity index (χ4v) is 1.52. The number of nitrogens with one attached hydrogen (secondary N) is 1. The van der Waals surface area contributed by atoms with Crippen molar-refractivity contribution in [2.24, 2.45) is 0 Å². The lowest BCUT2D eigenvalue weighted by molar-refractivity contribution is 0.414. The quantitative estimate of drug-likeness (QED) is 0.579. The molecule has 12 heavy (non-hydrogen) atoms. The molecule has 0 aliphatic heterocycles. The zero-order valence-electron chi connectivity index (χ0n) is 9.19. The van der Waals surface area contributed by atoms with Crippen molar-refractivity contribution in [1.82, 2.24) is 5.32 Å². The summed E-state index contributed by atoms with van der Waals surface area (Å²) in [6.45, 7) is 8.98. The van der Waals surface area contributed by atoms with E-state index in [4.69, 9.17) is 0 Å². The fourth-order valence-electron chi connectivity index (χ4n) is 1.52. The van der Waals surface area contributed by atoms with Gasteiger partial charge in [0.05, 0.1) is 0 Å². The first-order valence-electron chi connectivity index (χ1n) is 5.46. The van der Waals surface area contributed by atoms with Crippen molar-refractivity contribution >= 4 is 0 Å². The van der Waals surface area contributed by atoms with Gasteiger partial charge in [-0.15, -0.1) is 0 Å². The smallest absolute Gasteiger partial charge is 0.00667 e. The van der Waals surface area contributed by atoms with E-state index in [-0.39, 0.29) is 0 Å². The van der Waals surface area contributed by atoms with Crippen LogP contribution in [0.1, 0.15) is 59.8 Å². The molecule has 0 fully saturated rings. The first-order chi connectivity index (χ1) is 5.70. The highest BCUT2D eigenvalue weighted by Crippen LogP contribution is 2.06. The van der Waals surface area contributed by atoms with Crippen LogP contribution >= 0.6 is 0 Å². The number of hydrogen-bond acceptors (Lipinski definition) is 1. The van der Waals surface area contributed by atoms with Crippen LogP contribution < -0.4 is 5.32 Å². The monoisotopic (exact) mass is 171 g/mol. The molecule has 0 aromatic heterocycles. The summed E-state index contributed by atoms with van der Waals surface area (Å²) in [5.41, 5.74) is 0. The maximum absolute atomic E-state index is 3.59. The predicted molar refractivity (Wildman–Crippen MR) is 56.5 cm³/mol. The van der Waals surface area contributed by atoms with Crippen LogP contribution in [0.4, 0.5) is 0 Å². The largest absolute Gasteiger partial charge is 0.312 e. The molecule has 0 aromatic rings. The van der Waals surface area contributed by atoms with Crippen LogP contribution in [0.3, 0.4) is 0 Å². The van der Waals surface area contributed by atoms with Crippen LogP contribution in [0.2, 0.25) is 0 Å². The Bertz CT molecular complexity index is 89.0. The van der Waals surface area contributed by atoms with Gasteiger partial charge in [0.25, 0.3) is 0 Å². The summed E-state index contributed by atoms with van der Waals surface area (Å²) in [4.78, 5) is 0. The van der Waals surface area contributed by atoms with Crippen LogP contribution in [0.15, 0.2) is 0 Å². The van der Waals surface area contributed by atoms with Crippen LogP contribution in [-0.2, 0) is 0 Å². The van der Waals surface area contributed by atoms with Gasteiger partial charge < -0.3 is 5.32 Å². The van der Waals surface area contributed by atoms with Gasteiger partial charge in [-0.25, -0.2) is 0 Å². The molecule has 0 aliphatic carbocycles. The molecule has 0 saturated carbocycles. The van der Waals surface area contributed by atoms with Gasteiger partial charge >= 0.3 is 0 Å². The number of unbranched alkanes of at least 4 members (excludes halogenated alkanes) is 2. The van der Waals surface area contributed by atoms with Crippen molar-refractivity contribution in [3.05, 3.63) is 0 Å². The van der Waals surface area contributed by atoms with E-state index in [1.165, 1.54) is 32.1 Å². The van der Waals surface area contributed by atoms with E-state index >= 15 is 0 Å². The summed E-state index contributed by atoms with van der Waals surface area (Å²) in [5.74, 6) is 0. The zero-order chi connectivity index (χ0) is 9.40. The van der Waals surface area contributed by atoms with Crippen molar-refractivity contribution in [3.8, 4) is 0 Å². The van der Waals surface area contributed by atoms with Crippen LogP contribution in [0.25, 0.3) is 0 Å². The van der Waals surface area contributed by atoms with Gasteiger partial charge in [0.2, 0.25) is 0 Å². The molecule has 1 nitrogen and oxygen atoms in total. The Hall–Kier alpha value is -0.0400. The fraction of sp³-hybridized carbons (Fsp3) is 1.00. The first kappa shape index (κ1) is 12.0. The van der Waals surface area contributed by atoms with Gasteiger partial charge in [-0.05, 0) is 12.8 Å². The Labute approximate surface area is 77.9 Å². The normalized spacial score (nSPS) is 13.8. The molecule has 0 saturated heterocycles. The van der Waals surface area contributed by atoms with Crippen LogP contribution in [0.5, 0.6) is 0 Å². The molecule has 0 amide bonds. The molecule has 1 N–H and O–H groups in total. The van der Waals surface area contributed by atoms with Crippen LogP contribution in [-0.4, -0.2) is 12.1 Å². The van der Waals surface area contributed by atoms with E-state index in [0.29, 0.717) is 6.04 Å². The summed E-state index contributed by atoms with van der Waals surface area (Å²) in [5, 5.41) is 3.59. The van der Waals surface area contributed by atoms with Crippen molar-refractivity contribution in [2.45, 2.75) is 71.9 Å². The van der Waals surface area contributed by atoms with Gasteiger partial charge in [-0.1, -0.05) is 47.0 Å². The second kappa shape index (κ2) is 7.60. The molecule has 0 spiro atoms. The zero-order valence-corrected chi connectivity index (χ0v) is 9.19. The third-order valence-electron chi connectivity index (χ3n) is 2.22. The minimum Gasteiger partial charge on any atom is -0.312 e. The Balaban J connectivity index is 3.39. The highest BCUT2D eigenvalue weighted by atomic mass is 14.9. The average Bonchev–Trinajstić information content (AvgIpc) is 2.02.